The average Bonchev–Trinajstić information content (AvgIpc) is 2.89. The van der Waals surface area contributed by atoms with Gasteiger partial charge >= 0.3 is 0 Å². The van der Waals surface area contributed by atoms with Crippen LogP contribution in [0.1, 0.15) is 25.7 Å². The van der Waals surface area contributed by atoms with Crippen LogP contribution in [0.2, 0.25) is 0 Å². The molecule has 1 unspecified atom stereocenters. The Balaban J connectivity index is 1.87. The third-order valence-corrected chi connectivity index (χ3v) is 4.00. The Labute approximate surface area is 124 Å². The minimum atomic E-state index is -0.0685. The molecule has 6 heteroatoms. The van der Waals surface area contributed by atoms with Gasteiger partial charge in [-0.05, 0) is 19.3 Å². The summed E-state index contributed by atoms with van der Waals surface area (Å²) in [6.45, 7) is 2.41. The van der Waals surface area contributed by atoms with Gasteiger partial charge in [0.15, 0.2) is 0 Å². The number of terminal acetylenes is 1. The molecule has 0 spiro atoms. The molecule has 1 aromatic rings. The highest BCUT2D eigenvalue weighted by atomic mass is 16.2. The van der Waals surface area contributed by atoms with E-state index in [1.807, 2.05) is 0 Å². The first kappa shape index (κ1) is 13.7. The van der Waals surface area contributed by atoms with Crippen molar-refractivity contribution in [3.63, 3.8) is 0 Å². The zero-order valence-corrected chi connectivity index (χ0v) is 12.0. The van der Waals surface area contributed by atoms with Crippen molar-refractivity contribution in [1.29, 1.82) is 0 Å². The molecule has 0 aliphatic carbocycles. The molecule has 0 radical (unpaired) electrons. The van der Waals surface area contributed by atoms with Crippen molar-refractivity contribution in [2.45, 2.75) is 25.7 Å². The fourth-order valence-electron chi connectivity index (χ4n) is 2.86. The van der Waals surface area contributed by atoms with Crippen LogP contribution < -0.4 is 15.5 Å². The maximum absolute atomic E-state index is 12.0. The Morgan fingerprint density at radius 2 is 2.05 bits per heavy atom. The number of carbonyl (C=O) groups excluding carboxylic acids is 1. The second-order valence-electron chi connectivity index (χ2n) is 5.57. The summed E-state index contributed by atoms with van der Waals surface area (Å²) in [6.07, 6.45) is 9.32. The fraction of sp³-hybridized carbons (Fsp3) is 0.533. The van der Waals surface area contributed by atoms with Crippen LogP contribution in [-0.2, 0) is 4.79 Å². The van der Waals surface area contributed by atoms with Crippen LogP contribution >= 0.6 is 0 Å². The fourth-order valence-corrected chi connectivity index (χ4v) is 2.86. The number of nitrogen functional groups attached to an aromatic ring is 1. The molecule has 0 aromatic carbocycles. The maximum Gasteiger partial charge on any atom is 0.236 e. The van der Waals surface area contributed by atoms with Crippen LogP contribution in [0, 0.1) is 18.3 Å². The average molecular weight is 285 g/mol. The summed E-state index contributed by atoms with van der Waals surface area (Å²) in [6, 6.07) is 1.77. The van der Waals surface area contributed by atoms with Gasteiger partial charge in [0.2, 0.25) is 11.9 Å². The molecular weight excluding hydrogens is 266 g/mol. The third kappa shape index (κ3) is 2.77. The lowest BCUT2D eigenvalue weighted by Crippen LogP contribution is -2.32. The second-order valence-corrected chi connectivity index (χ2v) is 5.57. The molecule has 1 aromatic heterocycles. The maximum atomic E-state index is 12.0. The summed E-state index contributed by atoms with van der Waals surface area (Å²) in [7, 11) is 0. The molecule has 1 atom stereocenters. The number of piperidine rings is 1. The quantitative estimate of drug-likeness (QED) is 0.822. The number of nitrogens with zero attached hydrogens (tertiary/aromatic N) is 4. The van der Waals surface area contributed by atoms with Gasteiger partial charge in [0.05, 0.1) is 0 Å². The largest absolute Gasteiger partial charge is 0.383 e. The van der Waals surface area contributed by atoms with Gasteiger partial charge in [0, 0.05) is 38.0 Å². The Kier molecular flexibility index (Phi) is 3.65. The number of carbonyl (C=O) groups is 1. The first-order chi connectivity index (χ1) is 10.2. The first-order valence-corrected chi connectivity index (χ1v) is 7.33. The van der Waals surface area contributed by atoms with Crippen molar-refractivity contribution in [2.24, 2.45) is 5.92 Å². The van der Waals surface area contributed by atoms with Crippen LogP contribution in [0.3, 0.4) is 0 Å². The number of hydrogen-bond donors (Lipinski definition) is 1. The summed E-state index contributed by atoms with van der Waals surface area (Å²) in [5.41, 5.74) is 5.89. The van der Waals surface area contributed by atoms with Crippen LogP contribution in [0.5, 0.6) is 0 Å². The highest BCUT2D eigenvalue weighted by molar-refractivity contribution is 5.94. The summed E-state index contributed by atoms with van der Waals surface area (Å²) in [5.74, 6) is 4.08. The molecule has 2 fully saturated rings. The SMILES string of the molecule is C#CC1CC(=O)N(c2nc(N)cc(N3CCCCC3)n2)C1. The van der Waals surface area contributed by atoms with Crippen molar-refractivity contribution in [2.75, 3.05) is 35.2 Å². The summed E-state index contributed by atoms with van der Waals surface area (Å²) < 4.78 is 0. The van der Waals surface area contributed by atoms with E-state index >= 15 is 0 Å². The standard InChI is InChI=1S/C15H19N5O/c1-2-11-8-14(21)20(10-11)15-17-12(16)9-13(18-15)19-6-4-3-5-7-19/h1,9,11H,3-8,10H2,(H2,16,17,18). The zero-order valence-electron chi connectivity index (χ0n) is 12.0. The Morgan fingerprint density at radius 3 is 2.71 bits per heavy atom. The monoisotopic (exact) mass is 285 g/mol. The van der Waals surface area contributed by atoms with Crippen molar-refractivity contribution in [3.8, 4) is 12.3 Å². The molecule has 110 valence electrons. The normalized spacial score (nSPS) is 22.4. The molecule has 6 nitrogen and oxygen atoms in total. The molecule has 2 N–H and O–H groups in total. The number of rotatable bonds is 2. The van der Waals surface area contributed by atoms with Gasteiger partial charge in [-0.15, -0.1) is 12.3 Å². The minimum absolute atomic E-state index is 0.0341. The lowest BCUT2D eigenvalue weighted by atomic mass is 10.1. The minimum Gasteiger partial charge on any atom is -0.383 e. The predicted octanol–water partition coefficient (Wildman–Crippen LogP) is 1.04. The van der Waals surface area contributed by atoms with Crippen LogP contribution in [-0.4, -0.2) is 35.5 Å². The smallest absolute Gasteiger partial charge is 0.236 e. The van der Waals surface area contributed by atoms with Crippen molar-refractivity contribution in [1.82, 2.24) is 9.97 Å². The van der Waals surface area contributed by atoms with Crippen LogP contribution in [0.4, 0.5) is 17.6 Å². The van der Waals surface area contributed by atoms with Crippen molar-refractivity contribution < 1.29 is 4.79 Å². The van der Waals surface area contributed by atoms with E-state index in [1.165, 1.54) is 6.42 Å². The lowest BCUT2D eigenvalue weighted by Gasteiger charge is -2.28. The topological polar surface area (TPSA) is 75.3 Å². The Bertz CT molecular complexity index is 588. The van der Waals surface area contributed by atoms with Gasteiger partial charge in [-0.1, -0.05) is 0 Å². The predicted molar refractivity (Wildman–Crippen MR) is 81.8 cm³/mol. The summed E-state index contributed by atoms with van der Waals surface area (Å²) in [4.78, 5) is 24.5. The van der Waals surface area contributed by atoms with E-state index in [0.29, 0.717) is 24.7 Å². The lowest BCUT2D eigenvalue weighted by molar-refractivity contribution is -0.117. The van der Waals surface area contributed by atoms with Gasteiger partial charge in [-0.3, -0.25) is 9.69 Å². The molecule has 2 aliphatic heterocycles. The molecule has 21 heavy (non-hydrogen) atoms. The van der Waals surface area contributed by atoms with E-state index < -0.39 is 0 Å². The highest BCUT2D eigenvalue weighted by Crippen LogP contribution is 2.26. The van der Waals surface area contributed by atoms with Crippen molar-refractivity contribution >= 4 is 23.5 Å². The zero-order chi connectivity index (χ0) is 14.8. The van der Waals surface area contributed by atoms with Crippen LogP contribution in [0.25, 0.3) is 0 Å². The number of nitrogens with two attached hydrogens (primary N) is 1. The summed E-state index contributed by atoms with van der Waals surface area (Å²) in [5, 5.41) is 0. The number of amides is 1. The third-order valence-electron chi connectivity index (χ3n) is 4.00. The van der Waals surface area contributed by atoms with E-state index in [4.69, 9.17) is 12.2 Å². The Morgan fingerprint density at radius 1 is 1.29 bits per heavy atom. The molecule has 3 rings (SSSR count). The van der Waals surface area contributed by atoms with E-state index in [-0.39, 0.29) is 11.8 Å². The molecule has 3 heterocycles. The van der Waals surface area contributed by atoms with Gasteiger partial charge in [0.1, 0.15) is 11.6 Å². The summed E-state index contributed by atoms with van der Waals surface area (Å²) >= 11 is 0. The molecule has 1 amide bonds. The van der Waals surface area contributed by atoms with E-state index in [1.54, 1.807) is 11.0 Å². The second kappa shape index (κ2) is 5.60. The van der Waals surface area contributed by atoms with Crippen molar-refractivity contribution in [3.05, 3.63) is 6.07 Å². The van der Waals surface area contributed by atoms with Crippen LogP contribution in [0.15, 0.2) is 6.07 Å². The molecule has 2 saturated heterocycles. The van der Waals surface area contributed by atoms with Gasteiger partial charge in [-0.2, -0.15) is 9.97 Å². The van der Waals surface area contributed by atoms with Gasteiger partial charge in [0.25, 0.3) is 0 Å². The number of hydrogen-bond acceptors (Lipinski definition) is 5. The number of aromatic nitrogens is 2. The molecular formula is C15H19N5O. The molecule has 0 saturated carbocycles. The molecule has 2 aliphatic rings. The first-order valence-electron chi connectivity index (χ1n) is 7.33. The van der Waals surface area contributed by atoms with E-state index in [0.717, 1.165) is 31.7 Å². The van der Waals surface area contributed by atoms with E-state index in [2.05, 4.69) is 20.8 Å². The molecule has 0 bridgehead atoms. The van der Waals surface area contributed by atoms with E-state index in [9.17, 15) is 4.79 Å². The Hall–Kier alpha value is -2.29. The van der Waals surface area contributed by atoms with Gasteiger partial charge in [-0.25, -0.2) is 0 Å². The highest BCUT2D eigenvalue weighted by Gasteiger charge is 2.31. The number of anilines is 3. The van der Waals surface area contributed by atoms with Gasteiger partial charge < -0.3 is 10.6 Å².